The molecule has 128 valence electrons. The maximum atomic E-state index is 12.6. The Morgan fingerprint density at radius 3 is 2.44 bits per heavy atom. The Balaban J connectivity index is 2.00. The van der Waals surface area contributed by atoms with Crippen LogP contribution >= 0.6 is 0 Å². The molecule has 3 rings (SSSR count). The average Bonchev–Trinajstić information content (AvgIpc) is 2.57. The number of rotatable bonds is 3. The number of carbonyl (C=O) groups excluding carboxylic acids is 1. The molecule has 3 aromatic rings. The van der Waals surface area contributed by atoms with Crippen LogP contribution in [0.5, 0.6) is 5.75 Å². The summed E-state index contributed by atoms with van der Waals surface area (Å²) in [6, 6.07) is 12.5. The summed E-state index contributed by atoms with van der Waals surface area (Å²) in [5.41, 5.74) is 2.16. The Labute approximate surface area is 145 Å². The molecule has 1 aromatic heterocycles. The first kappa shape index (κ1) is 16.9. The van der Waals surface area contributed by atoms with Crippen molar-refractivity contribution in [2.24, 2.45) is 7.05 Å². The van der Waals surface area contributed by atoms with E-state index in [4.69, 9.17) is 4.74 Å². The van der Waals surface area contributed by atoms with Crippen molar-refractivity contribution >= 4 is 16.7 Å². The standard InChI is InChI=1S/C20H20N2O3/c1-12(2)15-10-9-14(11-13(15)3)25-20(24)18-16-7-5-6-8-17(16)19(23)22(4)21-18/h5-12H,1-4H3. The Morgan fingerprint density at radius 1 is 1.12 bits per heavy atom. The lowest BCUT2D eigenvalue weighted by Crippen LogP contribution is -2.24. The van der Waals surface area contributed by atoms with Crippen LogP contribution in [0.15, 0.2) is 47.3 Å². The highest BCUT2D eigenvalue weighted by Gasteiger charge is 2.18. The van der Waals surface area contributed by atoms with E-state index in [9.17, 15) is 9.59 Å². The molecule has 0 atom stereocenters. The first-order valence-corrected chi connectivity index (χ1v) is 8.17. The van der Waals surface area contributed by atoms with Gasteiger partial charge >= 0.3 is 5.97 Å². The fourth-order valence-corrected chi connectivity index (χ4v) is 2.97. The van der Waals surface area contributed by atoms with Crippen molar-refractivity contribution in [3.05, 3.63) is 69.6 Å². The second-order valence-corrected chi connectivity index (χ2v) is 6.39. The quantitative estimate of drug-likeness (QED) is 0.542. The normalized spacial score (nSPS) is 11.1. The van der Waals surface area contributed by atoms with Crippen LogP contribution in [0.2, 0.25) is 0 Å². The fraction of sp³-hybridized carbons (Fsp3) is 0.250. The van der Waals surface area contributed by atoms with E-state index in [1.807, 2.05) is 19.1 Å². The number of ether oxygens (including phenoxy) is 1. The van der Waals surface area contributed by atoms with Gasteiger partial charge in [0.05, 0.1) is 5.39 Å². The summed E-state index contributed by atoms with van der Waals surface area (Å²) in [5.74, 6) is 0.286. The molecule has 0 aliphatic carbocycles. The lowest BCUT2D eigenvalue weighted by atomic mass is 9.98. The zero-order valence-electron chi connectivity index (χ0n) is 14.7. The largest absolute Gasteiger partial charge is 0.422 e. The minimum Gasteiger partial charge on any atom is -0.422 e. The molecule has 0 saturated heterocycles. The molecule has 0 aliphatic rings. The number of aromatic nitrogens is 2. The lowest BCUT2D eigenvalue weighted by molar-refractivity contribution is 0.0728. The SMILES string of the molecule is Cc1cc(OC(=O)c2nn(C)c(=O)c3ccccc23)ccc1C(C)C. The molecule has 0 fully saturated rings. The summed E-state index contributed by atoms with van der Waals surface area (Å²) in [5, 5.41) is 5.03. The molecule has 0 saturated carbocycles. The van der Waals surface area contributed by atoms with Crippen molar-refractivity contribution in [3.8, 4) is 5.75 Å². The Morgan fingerprint density at radius 2 is 1.80 bits per heavy atom. The van der Waals surface area contributed by atoms with Gasteiger partial charge in [0.1, 0.15) is 5.75 Å². The zero-order valence-corrected chi connectivity index (χ0v) is 14.7. The van der Waals surface area contributed by atoms with Gasteiger partial charge in [-0.05, 0) is 42.2 Å². The molecular formula is C20H20N2O3. The van der Waals surface area contributed by atoms with Gasteiger partial charge in [-0.2, -0.15) is 5.10 Å². The van der Waals surface area contributed by atoms with Crippen molar-refractivity contribution in [2.75, 3.05) is 0 Å². The summed E-state index contributed by atoms with van der Waals surface area (Å²) in [4.78, 5) is 24.8. The Hall–Kier alpha value is -2.95. The van der Waals surface area contributed by atoms with Crippen LogP contribution in [0, 0.1) is 6.92 Å². The van der Waals surface area contributed by atoms with Gasteiger partial charge in [-0.1, -0.05) is 38.1 Å². The highest BCUT2D eigenvalue weighted by atomic mass is 16.5. The van der Waals surface area contributed by atoms with Crippen LogP contribution in [-0.2, 0) is 7.05 Å². The number of esters is 1. The molecule has 25 heavy (non-hydrogen) atoms. The molecule has 5 nitrogen and oxygen atoms in total. The van der Waals surface area contributed by atoms with E-state index in [0.717, 1.165) is 10.2 Å². The van der Waals surface area contributed by atoms with Gasteiger partial charge in [0.2, 0.25) is 0 Å². The van der Waals surface area contributed by atoms with Crippen molar-refractivity contribution in [1.82, 2.24) is 9.78 Å². The van der Waals surface area contributed by atoms with Gasteiger partial charge in [0, 0.05) is 12.4 Å². The number of fused-ring (bicyclic) bond motifs is 1. The number of benzene rings is 2. The van der Waals surface area contributed by atoms with Crippen molar-refractivity contribution in [1.29, 1.82) is 0 Å². The molecule has 0 amide bonds. The molecule has 0 aliphatic heterocycles. The Bertz CT molecular complexity index is 1020. The smallest absolute Gasteiger partial charge is 0.364 e. The van der Waals surface area contributed by atoms with E-state index in [1.54, 1.807) is 30.3 Å². The highest BCUT2D eigenvalue weighted by Crippen LogP contribution is 2.24. The van der Waals surface area contributed by atoms with E-state index in [1.165, 1.54) is 12.6 Å². The monoisotopic (exact) mass is 336 g/mol. The van der Waals surface area contributed by atoms with Crippen LogP contribution in [0.1, 0.15) is 41.4 Å². The first-order valence-electron chi connectivity index (χ1n) is 8.17. The van der Waals surface area contributed by atoms with E-state index >= 15 is 0 Å². The molecule has 5 heteroatoms. The van der Waals surface area contributed by atoms with E-state index < -0.39 is 5.97 Å². The summed E-state index contributed by atoms with van der Waals surface area (Å²) >= 11 is 0. The van der Waals surface area contributed by atoms with Gasteiger partial charge in [-0.15, -0.1) is 0 Å². The summed E-state index contributed by atoms with van der Waals surface area (Å²) in [6.45, 7) is 6.23. The molecule has 2 aromatic carbocycles. The van der Waals surface area contributed by atoms with Gasteiger partial charge in [0.25, 0.3) is 5.56 Å². The molecule has 0 spiro atoms. The maximum Gasteiger partial charge on any atom is 0.364 e. The van der Waals surface area contributed by atoms with Crippen LogP contribution < -0.4 is 10.3 Å². The molecule has 0 N–H and O–H groups in total. The second-order valence-electron chi connectivity index (χ2n) is 6.39. The minimum absolute atomic E-state index is 0.128. The number of aryl methyl sites for hydroxylation is 2. The third-order valence-electron chi connectivity index (χ3n) is 4.22. The Kier molecular flexibility index (Phi) is 4.40. The predicted molar refractivity (Wildman–Crippen MR) is 97.2 cm³/mol. The number of carbonyl (C=O) groups is 1. The average molecular weight is 336 g/mol. The van der Waals surface area contributed by atoms with Crippen LogP contribution in [0.4, 0.5) is 0 Å². The maximum absolute atomic E-state index is 12.6. The first-order chi connectivity index (χ1) is 11.9. The third-order valence-corrected chi connectivity index (χ3v) is 4.22. The predicted octanol–water partition coefficient (Wildman–Crippen LogP) is 3.58. The topological polar surface area (TPSA) is 61.2 Å². The summed E-state index contributed by atoms with van der Waals surface area (Å²) in [7, 11) is 1.52. The number of nitrogens with zero attached hydrogens (tertiary/aromatic N) is 2. The van der Waals surface area contributed by atoms with Crippen molar-refractivity contribution in [2.45, 2.75) is 26.7 Å². The van der Waals surface area contributed by atoms with Gasteiger partial charge in [0.15, 0.2) is 5.69 Å². The molecule has 0 bridgehead atoms. The molecule has 1 heterocycles. The number of hydrogen-bond acceptors (Lipinski definition) is 4. The lowest BCUT2D eigenvalue weighted by Gasteiger charge is -2.12. The van der Waals surface area contributed by atoms with E-state index in [2.05, 4.69) is 18.9 Å². The highest BCUT2D eigenvalue weighted by molar-refractivity contribution is 6.02. The van der Waals surface area contributed by atoms with Crippen molar-refractivity contribution in [3.63, 3.8) is 0 Å². The van der Waals surface area contributed by atoms with Crippen molar-refractivity contribution < 1.29 is 9.53 Å². The minimum atomic E-state index is -0.580. The van der Waals surface area contributed by atoms with Crippen LogP contribution in [0.3, 0.4) is 0 Å². The summed E-state index contributed by atoms with van der Waals surface area (Å²) < 4.78 is 6.66. The van der Waals surface area contributed by atoms with E-state index in [0.29, 0.717) is 22.4 Å². The van der Waals surface area contributed by atoms with Gasteiger partial charge in [-0.25, -0.2) is 9.48 Å². The molecule has 0 radical (unpaired) electrons. The zero-order chi connectivity index (χ0) is 18.1. The fourth-order valence-electron chi connectivity index (χ4n) is 2.97. The third kappa shape index (κ3) is 3.18. The van der Waals surface area contributed by atoms with Gasteiger partial charge in [-0.3, -0.25) is 4.79 Å². The van der Waals surface area contributed by atoms with Crippen LogP contribution in [-0.4, -0.2) is 15.7 Å². The van der Waals surface area contributed by atoms with Gasteiger partial charge < -0.3 is 4.74 Å². The second kappa shape index (κ2) is 6.51. The van der Waals surface area contributed by atoms with E-state index in [-0.39, 0.29) is 11.3 Å². The molecular weight excluding hydrogens is 316 g/mol. The number of hydrogen-bond donors (Lipinski definition) is 0. The summed E-state index contributed by atoms with van der Waals surface area (Å²) in [6.07, 6.45) is 0. The van der Waals surface area contributed by atoms with Crippen LogP contribution in [0.25, 0.3) is 10.8 Å². The molecule has 0 unspecified atom stereocenters.